The van der Waals surface area contributed by atoms with Crippen molar-refractivity contribution in [2.75, 3.05) is 37.4 Å². The van der Waals surface area contributed by atoms with E-state index in [0.29, 0.717) is 25.6 Å². The fourth-order valence-electron chi connectivity index (χ4n) is 4.17. The standard InChI is InChI=1S/C22H29N3O3S/c1-3-29(26,27)24-17-13-25(14-17)18-9-10-22-20(12-18)19(21(23-2)15-28-22)11-16-7-5-4-6-8-16/h4-10,12,17,19,21,23-24H,3,11,13-15H2,1-2H3/t19-,21+/m0/s1. The SMILES string of the molecule is CCS(=O)(=O)NC1CN(c2ccc3c(c2)[C@H](Cc2ccccc2)[C@H](NC)CO3)C1. The number of ether oxygens (including phenoxy) is 1. The normalized spacial score (nSPS) is 21.9. The molecule has 0 saturated carbocycles. The maximum atomic E-state index is 11.8. The van der Waals surface area contributed by atoms with Gasteiger partial charge in [0.05, 0.1) is 11.8 Å². The largest absolute Gasteiger partial charge is 0.492 e. The monoisotopic (exact) mass is 415 g/mol. The van der Waals surface area contributed by atoms with Gasteiger partial charge < -0.3 is 15.0 Å². The van der Waals surface area contributed by atoms with E-state index in [0.717, 1.165) is 17.9 Å². The minimum atomic E-state index is -3.16. The number of sulfonamides is 1. The van der Waals surface area contributed by atoms with Crippen LogP contribution in [0, 0.1) is 0 Å². The van der Waals surface area contributed by atoms with E-state index in [1.807, 2.05) is 13.1 Å². The average molecular weight is 416 g/mol. The van der Waals surface area contributed by atoms with Crippen molar-refractivity contribution in [2.24, 2.45) is 0 Å². The molecule has 1 saturated heterocycles. The molecule has 29 heavy (non-hydrogen) atoms. The van der Waals surface area contributed by atoms with Crippen molar-refractivity contribution in [3.8, 4) is 5.75 Å². The zero-order valence-corrected chi connectivity index (χ0v) is 17.8. The number of fused-ring (bicyclic) bond motifs is 1. The summed E-state index contributed by atoms with van der Waals surface area (Å²) in [4.78, 5) is 2.21. The first-order chi connectivity index (χ1) is 14.0. The molecule has 2 heterocycles. The first kappa shape index (κ1) is 20.2. The Hall–Kier alpha value is -2.09. The number of nitrogens with zero attached hydrogens (tertiary/aromatic N) is 1. The lowest BCUT2D eigenvalue weighted by atomic mass is 9.83. The molecule has 0 spiro atoms. The maximum Gasteiger partial charge on any atom is 0.211 e. The molecule has 0 amide bonds. The molecule has 0 radical (unpaired) electrons. The van der Waals surface area contributed by atoms with E-state index in [2.05, 4.69) is 57.4 Å². The van der Waals surface area contributed by atoms with Gasteiger partial charge in [0.15, 0.2) is 0 Å². The number of likely N-dealkylation sites (N-methyl/N-ethyl adjacent to an activating group) is 1. The molecule has 0 bridgehead atoms. The highest BCUT2D eigenvalue weighted by atomic mass is 32.2. The van der Waals surface area contributed by atoms with Crippen molar-refractivity contribution in [1.29, 1.82) is 0 Å². The van der Waals surface area contributed by atoms with Gasteiger partial charge in [0.2, 0.25) is 10.0 Å². The van der Waals surface area contributed by atoms with Gasteiger partial charge in [-0.1, -0.05) is 30.3 Å². The van der Waals surface area contributed by atoms with Crippen molar-refractivity contribution in [2.45, 2.75) is 31.3 Å². The molecule has 156 valence electrons. The number of nitrogens with one attached hydrogen (secondary N) is 2. The highest BCUT2D eigenvalue weighted by Gasteiger charge is 2.33. The number of hydrogen-bond acceptors (Lipinski definition) is 5. The van der Waals surface area contributed by atoms with E-state index in [1.165, 1.54) is 11.1 Å². The van der Waals surface area contributed by atoms with Crippen LogP contribution in [0.2, 0.25) is 0 Å². The second kappa shape index (κ2) is 8.34. The smallest absolute Gasteiger partial charge is 0.211 e. The van der Waals surface area contributed by atoms with E-state index in [1.54, 1.807) is 6.92 Å². The van der Waals surface area contributed by atoms with Crippen LogP contribution in [-0.2, 0) is 16.4 Å². The summed E-state index contributed by atoms with van der Waals surface area (Å²) < 4.78 is 32.3. The lowest BCUT2D eigenvalue weighted by Gasteiger charge is -2.42. The summed E-state index contributed by atoms with van der Waals surface area (Å²) in [6.07, 6.45) is 0.949. The highest BCUT2D eigenvalue weighted by molar-refractivity contribution is 7.89. The Labute approximate surface area is 173 Å². The Balaban J connectivity index is 1.53. The van der Waals surface area contributed by atoms with Gasteiger partial charge in [0, 0.05) is 36.3 Å². The van der Waals surface area contributed by atoms with Gasteiger partial charge in [-0.25, -0.2) is 13.1 Å². The van der Waals surface area contributed by atoms with Crippen LogP contribution < -0.4 is 19.7 Å². The summed E-state index contributed by atoms with van der Waals surface area (Å²) in [5.41, 5.74) is 3.65. The van der Waals surface area contributed by atoms with E-state index in [-0.39, 0.29) is 17.8 Å². The molecule has 1 fully saturated rings. The van der Waals surface area contributed by atoms with Crippen LogP contribution in [0.25, 0.3) is 0 Å². The van der Waals surface area contributed by atoms with Gasteiger partial charge in [-0.15, -0.1) is 0 Å². The molecule has 6 nitrogen and oxygen atoms in total. The Morgan fingerprint density at radius 3 is 2.59 bits per heavy atom. The van der Waals surface area contributed by atoms with Crippen LogP contribution >= 0.6 is 0 Å². The molecule has 4 rings (SSSR count). The summed E-state index contributed by atoms with van der Waals surface area (Å²) in [7, 11) is -1.17. The Morgan fingerprint density at radius 1 is 1.14 bits per heavy atom. The van der Waals surface area contributed by atoms with Gasteiger partial charge >= 0.3 is 0 Å². The summed E-state index contributed by atoms with van der Waals surface area (Å²) in [5, 5.41) is 3.42. The Kier molecular flexibility index (Phi) is 5.81. The third kappa shape index (κ3) is 4.42. The zero-order valence-electron chi connectivity index (χ0n) is 17.0. The first-order valence-electron chi connectivity index (χ1n) is 10.2. The van der Waals surface area contributed by atoms with Crippen LogP contribution in [0.4, 0.5) is 5.69 Å². The second-order valence-corrected chi connectivity index (χ2v) is 9.89. The molecular weight excluding hydrogens is 386 g/mol. The van der Waals surface area contributed by atoms with Crippen molar-refractivity contribution in [3.63, 3.8) is 0 Å². The Morgan fingerprint density at radius 2 is 1.90 bits per heavy atom. The minimum Gasteiger partial charge on any atom is -0.492 e. The molecule has 2 aromatic carbocycles. The molecule has 7 heteroatoms. The quantitative estimate of drug-likeness (QED) is 0.725. The molecule has 2 aliphatic heterocycles. The van der Waals surface area contributed by atoms with E-state index in [4.69, 9.17) is 4.74 Å². The number of rotatable bonds is 7. The van der Waals surface area contributed by atoms with Crippen LogP contribution in [0.1, 0.15) is 24.0 Å². The summed E-state index contributed by atoms with van der Waals surface area (Å²) >= 11 is 0. The van der Waals surface area contributed by atoms with Gasteiger partial charge in [0.25, 0.3) is 0 Å². The highest BCUT2D eigenvalue weighted by Crippen LogP contribution is 2.39. The predicted octanol–water partition coefficient (Wildman–Crippen LogP) is 2.12. The molecule has 0 aliphatic carbocycles. The number of benzene rings is 2. The molecule has 0 unspecified atom stereocenters. The van der Waals surface area contributed by atoms with Gasteiger partial charge in [0.1, 0.15) is 12.4 Å². The van der Waals surface area contributed by atoms with Gasteiger partial charge in [-0.05, 0) is 44.2 Å². The minimum absolute atomic E-state index is 0.0163. The third-order valence-corrected chi connectivity index (χ3v) is 7.39. The lowest BCUT2D eigenvalue weighted by Crippen LogP contribution is -2.59. The van der Waals surface area contributed by atoms with Crippen molar-refractivity contribution in [3.05, 3.63) is 59.7 Å². The molecule has 0 aromatic heterocycles. The van der Waals surface area contributed by atoms with Gasteiger partial charge in [-0.2, -0.15) is 0 Å². The van der Waals surface area contributed by atoms with Crippen LogP contribution in [-0.4, -0.2) is 53.0 Å². The first-order valence-corrected chi connectivity index (χ1v) is 11.9. The lowest BCUT2D eigenvalue weighted by molar-refractivity contribution is 0.219. The fraction of sp³-hybridized carbons (Fsp3) is 0.455. The van der Waals surface area contributed by atoms with Crippen molar-refractivity contribution in [1.82, 2.24) is 10.0 Å². The molecular formula is C22H29N3O3S. The van der Waals surface area contributed by atoms with Crippen LogP contribution in [0.3, 0.4) is 0 Å². The van der Waals surface area contributed by atoms with Crippen molar-refractivity contribution < 1.29 is 13.2 Å². The summed E-state index contributed by atoms with van der Waals surface area (Å²) in [6, 6.07) is 17.1. The predicted molar refractivity (Wildman–Crippen MR) is 116 cm³/mol. The van der Waals surface area contributed by atoms with Crippen LogP contribution in [0.5, 0.6) is 5.75 Å². The average Bonchev–Trinajstić information content (AvgIpc) is 2.71. The van der Waals surface area contributed by atoms with E-state index < -0.39 is 10.0 Å². The molecule has 2 N–H and O–H groups in total. The topological polar surface area (TPSA) is 70.7 Å². The third-order valence-electron chi connectivity index (χ3n) is 5.94. The van der Waals surface area contributed by atoms with Gasteiger partial charge in [-0.3, -0.25) is 0 Å². The summed E-state index contributed by atoms with van der Waals surface area (Å²) in [5.74, 6) is 1.39. The summed E-state index contributed by atoms with van der Waals surface area (Å²) in [6.45, 7) is 3.70. The van der Waals surface area contributed by atoms with E-state index >= 15 is 0 Å². The molecule has 2 atom stereocenters. The molecule has 2 aromatic rings. The molecule has 2 aliphatic rings. The van der Waals surface area contributed by atoms with E-state index in [9.17, 15) is 8.42 Å². The second-order valence-electron chi connectivity index (χ2n) is 7.85. The van der Waals surface area contributed by atoms with Crippen LogP contribution in [0.15, 0.2) is 48.5 Å². The number of anilines is 1. The maximum absolute atomic E-state index is 11.8. The zero-order chi connectivity index (χ0) is 20.4. The number of hydrogen-bond donors (Lipinski definition) is 2. The Bertz CT molecular complexity index is 943. The fourth-order valence-corrected chi connectivity index (χ4v) is 5.00. The van der Waals surface area contributed by atoms with Crippen molar-refractivity contribution >= 4 is 15.7 Å².